The van der Waals surface area contributed by atoms with Crippen LogP contribution in [0.15, 0.2) is 140 Å². The summed E-state index contributed by atoms with van der Waals surface area (Å²) in [6.45, 7) is 0. The first kappa shape index (κ1) is 21.1. The molecule has 0 amide bonds. The van der Waals surface area contributed by atoms with E-state index in [0.717, 1.165) is 37.5 Å². The lowest BCUT2D eigenvalue weighted by Gasteiger charge is -2.24. The zero-order valence-corrected chi connectivity index (χ0v) is 20.5. The summed E-state index contributed by atoms with van der Waals surface area (Å²) in [4.78, 5) is 0. The van der Waals surface area contributed by atoms with Crippen molar-refractivity contribution in [2.24, 2.45) is 0 Å². The van der Waals surface area contributed by atoms with Crippen LogP contribution in [0.25, 0.3) is 43.1 Å². The molecule has 0 radical (unpaired) electrons. The molecule has 170 valence electrons. The maximum absolute atomic E-state index is 15.7. The van der Waals surface area contributed by atoms with Crippen molar-refractivity contribution in [3.8, 4) is 0 Å². The van der Waals surface area contributed by atoms with Gasteiger partial charge in [-0.2, -0.15) is 0 Å². The third-order valence-corrected chi connectivity index (χ3v) is 10.5. The Balaban J connectivity index is 1.77. The lowest BCUT2D eigenvalue weighted by atomic mass is 9.95. The summed E-state index contributed by atoms with van der Waals surface area (Å²) in [5, 5.41) is 11.7. The summed E-state index contributed by atoms with van der Waals surface area (Å²) < 4.78 is 15.7. The number of fused-ring (bicyclic) bond motifs is 6. The van der Waals surface area contributed by atoms with E-state index in [0.29, 0.717) is 0 Å². The van der Waals surface area contributed by atoms with Gasteiger partial charge in [-0.15, -0.1) is 0 Å². The minimum Gasteiger partial charge on any atom is -0.309 e. The summed E-state index contributed by atoms with van der Waals surface area (Å²) in [5.41, 5.74) is 0. The number of hydrogen-bond donors (Lipinski definition) is 0. The van der Waals surface area contributed by atoms with Gasteiger partial charge in [0.15, 0.2) is 7.14 Å². The molecule has 0 aliphatic heterocycles. The third kappa shape index (κ3) is 3.07. The Hall–Kier alpha value is -4.19. The van der Waals surface area contributed by atoms with Crippen LogP contribution in [0.4, 0.5) is 0 Å². The van der Waals surface area contributed by atoms with Crippen LogP contribution in [0.5, 0.6) is 0 Å². The first-order valence-corrected chi connectivity index (χ1v) is 13.9. The Morgan fingerprint density at radius 1 is 0.361 bits per heavy atom. The molecule has 0 N–H and O–H groups in total. The van der Waals surface area contributed by atoms with E-state index < -0.39 is 7.14 Å². The van der Waals surface area contributed by atoms with Crippen molar-refractivity contribution in [2.45, 2.75) is 0 Å². The number of rotatable bonds is 3. The summed E-state index contributed by atoms with van der Waals surface area (Å²) in [6.07, 6.45) is 0. The number of hydrogen-bond acceptors (Lipinski definition) is 1. The average molecular weight is 479 g/mol. The molecule has 7 rings (SSSR count). The second-order valence-electron chi connectivity index (χ2n) is 9.27. The fourth-order valence-electron chi connectivity index (χ4n) is 5.63. The summed E-state index contributed by atoms with van der Waals surface area (Å²) in [6, 6.07) is 47.9. The van der Waals surface area contributed by atoms with Crippen LogP contribution >= 0.6 is 7.14 Å². The van der Waals surface area contributed by atoms with Gasteiger partial charge in [-0.25, -0.2) is 0 Å². The van der Waals surface area contributed by atoms with Gasteiger partial charge in [-0.3, -0.25) is 0 Å². The molecule has 0 unspecified atom stereocenters. The Labute approximate surface area is 210 Å². The summed E-state index contributed by atoms with van der Waals surface area (Å²) in [5.74, 6) is 0. The topological polar surface area (TPSA) is 17.1 Å². The van der Waals surface area contributed by atoms with E-state index in [2.05, 4.69) is 78.9 Å². The molecular weight excluding hydrogens is 455 g/mol. The van der Waals surface area contributed by atoms with Crippen molar-refractivity contribution >= 4 is 66.1 Å². The predicted molar refractivity (Wildman–Crippen MR) is 156 cm³/mol. The van der Waals surface area contributed by atoms with Gasteiger partial charge in [0.1, 0.15) is 0 Å². The van der Waals surface area contributed by atoms with E-state index in [1.807, 2.05) is 60.7 Å². The smallest absolute Gasteiger partial charge is 0.172 e. The van der Waals surface area contributed by atoms with Crippen LogP contribution in [-0.2, 0) is 4.57 Å². The Kier molecular flexibility index (Phi) is 4.81. The van der Waals surface area contributed by atoms with E-state index in [9.17, 15) is 0 Å². The molecule has 0 fully saturated rings. The van der Waals surface area contributed by atoms with E-state index in [1.54, 1.807) is 0 Å². The number of benzene rings is 7. The molecule has 0 saturated carbocycles. The normalized spacial score (nSPS) is 12.0. The summed E-state index contributed by atoms with van der Waals surface area (Å²) >= 11 is 0. The second-order valence-corrected chi connectivity index (χ2v) is 12.0. The minimum absolute atomic E-state index is 0.853. The lowest BCUT2D eigenvalue weighted by Crippen LogP contribution is -2.26. The van der Waals surface area contributed by atoms with Gasteiger partial charge in [-0.05, 0) is 49.2 Å². The van der Waals surface area contributed by atoms with Gasteiger partial charge < -0.3 is 4.57 Å². The molecule has 0 saturated heterocycles. The molecule has 36 heavy (non-hydrogen) atoms. The van der Waals surface area contributed by atoms with Gasteiger partial charge in [0.25, 0.3) is 0 Å². The molecule has 0 aliphatic rings. The minimum atomic E-state index is -3.22. The van der Waals surface area contributed by atoms with Crippen molar-refractivity contribution in [1.82, 2.24) is 0 Å². The largest absolute Gasteiger partial charge is 0.309 e. The maximum Gasteiger partial charge on any atom is 0.172 e. The Morgan fingerprint density at radius 3 is 1.25 bits per heavy atom. The van der Waals surface area contributed by atoms with Crippen LogP contribution in [-0.4, -0.2) is 0 Å². The quantitative estimate of drug-likeness (QED) is 0.143. The van der Waals surface area contributed by atoms with E-state index in [-0.39, 0.29) is 0 Å². The molecule has 7 aromatic rings. The molecule has 0 aliphatic carbocycles. The van der Waals surface area contributed by atoms with Gasteiger partial charge in [0, 0.05) is 15.9 Å². The van der Waals surface area contributed by atoms with Gasteiger partial charge in [-0.1, -0.05) is 133 Å². The molecule has 2 heteroatoms. The van der Waals surface area contributed by atoms with Crippen molar-refractivity contribution in [1.29, 1.82) is 0 Å². The molecule has 0 atom stereocenters. The Bertz CT molecular complexity index is 1820. The Morgan fingerprint density at radius 2 is 0.778 bits per heavy atom. The highest BCUT2D eigenvalue weighted by molar-refractivity contribution is 7.86. The van der Waals surface area contributed by atoms with E-state index in [4.69, 9.17) is 0 Å². The maximum atomic E-state index is 15.7. The predicted octanol–water partition coefficient (Wildman–Crippen LogP) is 7.94. The van der Waals surface area contributed by atoms with Crippen molar-refractivity contribution in [3.05, 3.63) is 140 Å². The average Bonchev–Trinajstić information content (AvgIpc) is 2.96. The van der Waals surface area contributed by atoms with Crippen LogP contribution in [0.1, 0.15) is 0 Å². The van der Waals surface area contributed by atoms with Crippen LogP contribution < -0.4 is 15.9 Å². The first-order valence-electron chi connectivity index (χ1n) is 12.2. The molecule has 7 aromatic carbocycles. The van der Waals surface area contributed by atoms with Gasteiger partial charge >= 0.3 is 0 Å². The highest BCUT2D eigenvalue weighted by Crippen LogP contribution is 2.48. The third-order valence-electron chi connectivity index (χ3n) is 7.29. The zero-order valence-electron chi connectivity index (χ0n) is 19.6. The first-order chi connectivity index (χ1) is 17.7. The van der Waals surface area contributed by atoms with Gasteiger partial charge in [0.05, 0.1) is 0 Å². The van der Waals surface area contributed by atoms with Crippen molar-refractivity contribution in [2.75, 3.05) is 0 Å². The van der Waals surface area contributed by atoms with Crippen molar-refractivity contribution < 1.29 is 4.57 Å². The highest BCUT2D eigenvalue weighted by Gasteiger charge is 2.33. The zero-order chi connectivity index (χ0) is 24.1. The molecule has 0 bridgehead atoms. The fraction of sp³-hybridized carbons (Fsp3) is 0. The van der Waals surface area contributed by atoms with Crippen LogP contribution in [0.2, 0.25) is 0 Å². The molecule has 1 nitrogen and oxygen atoms in total. The highest BCUT2D eigenvalue weighted by atomic mass is 31.2. The second kappa shape index (κ2) is 8.19. The molecule has 0 aromatic heterocycles. The molecular formula is C34H23OP. The molecule has 0 heterocycles. The van der Waals surface area contributed by atoms with Crippen LogP contribution in [0, 0.1) is 0 Å². The fourth-order valence-corrected chi connectivity index (χ4v) is 8.69. The SMILES string of the molecule is O=P(c1ccccc1)(c1ccccc1)c1c2ccc3ccccc3c2cc2c1ccc1ccccc12. The van der Waals surface area contributed by atoms with E-state index in [1.165, 1.54) is 21.5 Å². The van der Waals surface area contributed by atoms with Crippen molar-refractivity contribution in [3.63, 3.8) is 0 Å². The van der Waals surface area contributed by atoms with Crippen LogP contribution in [0.3, 0.4) is 0 Å². The van der Waals surface area contributed by atoms with Gasteiger partial charge in [0.2, 0.25) is 0 Å². The standard InChI is InChI=1S/C34H23OP/c35-36(26-13-3-1-4-14-26,27-15-5-2-6-16-27)34-30-21-19-24-11-7-9-17-28(24)32(30)23-33-29-18-10-8-12-25(29)20-22-31(33)34/h1-23H. The summed E-state index contributed by atoms with van der Waals surface area (Å²) in [7, 11) is -3.22. The lowest BCUT2D eigenvalue weighted by molar-refractivity contribution is 0.593. The monoisotopic (exact) mass is 478 g/mol. The molecule has 0 spiro atoms. The van der Waals surface area contributed by atoms with E-state index >= 15 is 4.57 Å².